The maximum atomic E-state index is 6.43. The molecule has 0 bridgehead atoms. The Bertz CT molecular complexity index is 890. The van der Waals surface area contributed by atoms with Crippen LogP contribution in [0.25, 0.3) is 5.57 Å². The van der Waals surface area contributed by atoms with Crippen molar-refractivity contribution >= 4 is 40.2 Å². The fraction of sp³-hybridized carbons (Fsp3) is 0.429. The first-order valence-electron chi connectivity index (χ1n) is 9.42. The summed E-state index contributed by atoms with van der Waals surface area (Å²) in [6.45, 7) is 14.3. The summed E-state index contributed by atoms with van der Waals surface area (Å²) in [5.41, 5.74) is 5.08. The van der Waals surface area contributed by atoms with E-state index in [1.54, 1.807) is 0 Å². The first kappa shape index (κ1) is 18.3. The van der Waals surface area contributed by atoms with E-state index in [9.17, 15) is 0 Å². The standard InChI is InChI=1S/C21H26ClN5/c1-13(2)17-10-16(22)11-18-19(17)24-20(26-8-6-25(5)7-9-26)21-23-15(4)14(3)12-27(18)21/h10-12,15H,1,6-9H2,2-5H3. The van der Waals surface area contributed by atoms with Crippen molar-refractivity contribution in [1.29, 1.82) is 0 Å². The molecule has 3 heterocycles. The van der Waals surface area contributed by atoms with E-state index < -0.39 is 0 Å². The van der Waals surface area contributed by atoms with Crippen molar-refractivity contribution in [3.8, 4) is 0 Å². The third-order valence-electron chi connectivity index (χ3n) is 5.53. The van der Waals surface area contributed by atoms with Gasteiger partial charge in [-0.05, 0) is 51.1 Å². The van der Waals surface area contributed by atoms with Gasteiger partial charge in [-0.25, -0.2) is 4.99 Å². The van der Waals surface area contributed by atoms with Crippen LogP contribution in [0.3, 0.4) is 0 Å². The van der Waals surface area contributed by atoms with Crippen LogP contribution in [0.1, 0.15) is 26.3 Å². The van der Waals surface area contributed by atoms with Crippen LogP contribution in [0.15, 0.2) is 40.5 Å². The maximum absolute atomic E-state index is 6.43. The first-order valence-corrected chi connectivity index (χ1v) is 9.80. The van der Waals surface area contributed by atoms with Crippen LogP contribution in [-0.4, -0.2) is 60.7 Å². The molecule has 5 nitrogen and oxygen atoms in total. The molecule has 0 amide bonds. The number of likely N-dealkylation sites (N-methyl/N-ethyl adjacent to an activating group) is 1. The molecule has 1 atom stereocenters. The zero-order chi connectivity index (χ0) is 19.3. The number of fused-ring (bicyclic) bond motifs is 3. The highest BCUT2D eigenvalue weighted by molar-refractivity contribution is 6.48. The van der Waals surface area contributed by atoms with Crippen molar-refractivity contribution < 1.29 is 0 Å². The molecule has 27 heavy (non-hydrogen) atoms. The summed E-state index contributed by atoms with van der Waals surface area (Å²) in [6, 6.07) is 4.08. The second-order valence-corrected chi connectivity index (χ2v) is 8.14. The molecular weight excluding hydrogens is 358 g/mol. The normalized spacial score (nSPS) is 22.6. The fourth-order valence-electron chi connectivity index (χ4n) is 3.67. The Morgan fingerprint density at radius 2 is 1.89 bits per heavy atom. The van der Waals surface area contributed by atoms with E-state index in [2.05, 4.69) is 48.4 Å². The van der Waals surface area contributed by atoms with Gasteiger partial charge >= 0.3 is 0 Å². The Balaban J connectivity index is 1.90. The van der Waals surface area contributed by atoms with Crippen LogP contribution in [0.5, 0.6) is 0 Å². The summed E-state index contributed by atoms with van der Waals surface area (Å²) in [7, 11) is 2.16. The van der Waals surface area contributed by atoms with Gasteiger partial charge in [0, 0.05) is 43.0 Å². The average molecular weight is 384 g/mol. The highest BCUT2D eigenvalue weighted by atomic mass is 35.5. The largest absolute Gasteiger partial charge is 0.351 e. The molecule has 0 N–H and O–H groups in total. The molecule has 1 fully saturated rings. The van der Waals surface area contributed by atoms with Crippen LogP contribution in [0.2, 0.25) is 5.02 Å². The lowest BCUT2D eigenvalue weighted by Gasteiger charge is -2.40. The number of rotatable bonds is 1. The minimum atomic E-state index is 0.148. The van der Waals surface area contributed by atoms with Gasteiger partial charge in [0.2, 0.25) is 0 Å². The minimum Gasteiger partial charge on any atom is -0.351 e. The fourth-order valence-corrected chi connectivity index (χ4v) is 3.88. The van der Waals surface area contributed by atoms with Crippen molar-refractivity contribution in [2.75, 3.05) is 38.1 Å². The van der Waals surface area contributed by atoms with Gasteiger partial charge in [-0.1, -0.05) is 18.2 Å². The molecule has 0 saturated carbocycles. The molecule has 6 heteroatoms. The summed E-state index contributed by atoms with van der Waals surface area (Å²) < 4.78 is 0. The minimum absolute atomic E-state index is 0.148. The van der Waals surface area contributed by atoms with E-state index in [0.29, 0.717) is 5.02 Å². The quantitative estimate of drug-likeness (QED) is 0.729. The van der Waals surface area contributed by atoms with Gasteiger partial charge < -0.3 is 9.80 Å². The molecule has 3 aliphatic rings. The average Bonchev–Trinajstić information content (AvgIpc) is 2.62. The van der Waals surface area contributed by atoms with Crippen LogP contribution >= 0.6 is 11.6 Å². The maximum Gasteiger partial charge on any atom is 0.176 e. The Kier molecular flexibility index (Phi) is 4.60. The van der Waals surface area contributed by atoms with Gasteiger partial charge in [-0.15, -0.1) is 0 Å². The zero-order valence-corrected chi connectivity index (χ0v) is 17.2. The van der Waals surface area contributed by atoms with Crippen LogP contribution in [-0.2, 0) is 0 Å². The number of hydrogen-bond donors (Lipinski definition) is 0. The van der Waals surface area contributed by atoms with Gasteiger partial charge in [0.05, 0.1) is 17.4 Å². The molecule has 3 aliphatic heterocycles. The molecule has 0 aliphatic carbocycles. The number of amidine groups is 2. The summed E-state index contributed by atoms with van der Waals surface area (Å²) in [4.78, 5) is 16.9. The predicted octanol–water partition coefficient (Wildman–Crippen LogP) is 4.17. The molecular formula is C21H26ClN5. The van der Waals surface area contributed by atoms with Crippen molar-refractivity contribution in [3.05, 3.63) is 41.1 Å². The van der Waals surface area contributed by atoms with Gasteiger partial charge in [-0.2, -0.15) is 0 Å². The zero-order valence-electron chi connectivity index (χ0n) is 16.5. The Hall–Kier alpha value is -2.11. The number of halogens is 1. The van der Waals surface area contributed by atoms with Gasteiger partial charge in [-0.3, -0.25) is 9.89 Å². The van der Waals surface area contributed by atoms with Crippen molar-refractivity contribution in [1.82, 2.24) is 9.80 Å². The summed E-state index contributed by atoms with van der Waals surface area (Å²) >= 11 is 6.43. The molecule has 1 saturated heterocycles. The molecule has 1 unspecified atom stereocenters. The number of nitrogens with zero attached hydrogens (tertiary/aromatic N) is 5. The summed E-state index contributed by atoms with van der Waals surface area (Å²) in [5, 5.41) is 0.689. The van der Waals surface area contributed by atoms with Gasteiger partial charge in [0.15, 0.2) is 11.7 Å². The molecule has 0 spiro atoms. The monoisotopic (exact) mass is 383 g/mol. The number of piperazine rings is 1. The molecule has 4 rings (SSSR count). The molecule has 0 radical (unpaired) electrons. The Morgan fingerprint density at radius 1 is 1.19 bits per heavy atom. The van der Waals surface area contributed by atoms with Crippen LogP contribution < -0.4 is 4.90 Å². The lowest BCUT2D eigenvalue weighted by atomic mass is 10.0. The van der Waals surface area contributed by atoms with E-state index in [-0.39, 0.29) is 6.04 Å². The summed E-state index contributed by atoms with van der Waals surface area (Å²) in [5.74, 6) is 1.87. The molecule has 142 valence electrons. The third kappa shape index (κ3) is 3.19. The van der Waals surface area contributed by atoms with Gasteiger partial charge in [0.1, 0.15) is 0 Å². The second-order valence-electron chi connectivity index (χ2n) is 7.70. The number of benzene rings is 1. The smallest absolute Gasteiger partial charge is 0.176 e. The lowest BCUT2D eigenvalue weighted by molar-refractivity contribution is 0.217. The SMILES string of the molecule is C=C(C)c1cc(Cl)cc2c1N=C(N1CCN(C)CC1)C1=NC(C)C(C)=CN12. The number of hydrogen-bond acceptors (Lipinski definition) is 5. The van der Waals surface area contributed by atoms with Crippen molar-refractivity contribution in [2.24, 2.45) is 9.98 Å². The Labute approximate surface area is 166 Å². The van der Waals surface area contributed by atoms with E-state index in [1.165, 1.54) is 5.57 Å². The number of aliphatic imine (C=N–C) groups is 2. The second kappa shape index (κ2) is 6.80. The molecule has 1 aromatic rings. The predicted molar refractivity (Wildman–Crippen MR) is 115 cm³/mol. The van der Waals surface area contributed by atoms with E-state index in [0.717, 1.165) is 60.4 Å². The summed E-state index contributed by atoms with van der Waals surface area (Å²) in [6.07, 6.45) is 2.18. The highest BCUT2D eigenvalue weighted by Gasteiger charge is 2.34. The van der Waals surface area contributed by atoms with E-state index >= 15 is 0 Å². The van der Waals surface area contributed by atoms with E-state index in [1.807, 2.05) is 19.1 Å². The van der Waals surface area contributed by atoms with Crippen molar-refractivity contribution in [3.63, 3.8) is 0 Å². The molecule has 0 aromatic heterocycles. The first-order chi connectivity index (χ1) is 12.8. The number of allylic oxidation sites excluding steroid dienone is 1. The van der Waals surface area contributed by atoms with Gasteiger partial charge in [0.25, 0.3) is 0 Å². The van der Waals surface area contributed by atoms with Crippen LogP contribution in [0, 0.1) is 0 Å². The number of anilines is 1. The van der Waals surface area contributed by atoms with Crippen LogP contribution in [0.4, 0.5) is 11.4 Å². The van der Waals surface area contributed by atoms with E-state index in [4.69, 9.17) is 21.6 Å². The highest BCUT2D eigenvalue weighted by Crippen LogP contribution is 2.43. The lowest BCUT2D eigenvalue weighted by Crippen LogP contribution is -2.53. The molecule has 1 aromatic carbocycles. The topological polar surface area (TPSA) is 34.4 Å². The van der Waals surface area contributed by atoms with Crippen molar-refractivity contribution in [2.45, 2.75) is 26.8 Å². The third-order valence-corrected chi connectivity index (χ3v) is 5.75. The Morgan fingerprint density at radius 3 is 2.56 bits per heavy atom.